The molecule has 60 valence electrons. The van der Waals surface area contributed by atoms with Crippen LogP contribution in [0.5, 0.6) is 0 Å². The van der Waals surface area contributed by atoms with Crippen LogP contribution < -0.4 is 0 Å². The molecule has 1 aliphatic heterocycles. The van der Waals surface area contributed by atoms with Crippen molar-refractivity contribution in [2.45, 2.75) is 26.2 Å². The fourth-order valence-electron chi connectivity index (χ4n) is 1.19. The van der Waals surface area contributed by atoms with E-state index in [0.29, 0.717) is 12.3 Å². The van der Waals surface area contributed by atoms with E-state index in [1.54, 1.807) is 0 Å². The zero-order valence-electron chi connectivity index (χ0n) is 6.30. The molecule has 0 aliphatic carbocycles. The Morgan fingerprint density at radius 3 is 2.30 bits per heavy atom. The molecule has 1 aliphatic rings. The highest BCUT2D eigenvalue weighted by Crippen LogP contribution is 2.07. The Kier molecular flexibility index (Phi) is 4.00. The van der Waals surface area contributed by atoms with Gasteiger partial charge in [0.05, 0.1) is 0 Å². The molecular formula is C7H14FNO. The molecule has 0 atom stereocenters. The molecule has 0 saturated carbocycles. The van der Waals surface area contributed by atoms with Crippen LogP contribution in [0.15, 0.2) is 0 Å². The summed E-state index contributed by atoms with van der Waals surface area (Å²) in [5, 5.41) is 0. The summed E-state index contributed by atoms with van der Waals surface area (Å²) in [5.41, 5.74) is 0. The van der Waals surface area contributed by atoms with E-state index in [0.717, 1.165) is 13.1 Å². The summed E-state index contributed by atoms with van der Waals surface area (Å²) in [4.78, 5) is 12.9. The summed E-state index contributed by atoms with van der Waals surface area (Å²) < 4.78 is 0. The van der Waals surface area contributed by atoms with E-state index in [4.69, 9.17) is 0 Å². The zero-order chi connectivity index (χ0) is 6.69. The molecule has 0 bridgehead atoms. The molecular weight excluding hydrogens is 133 g/mol. The van der Waals surface area contributed by atoms with Gasteiger partial charge in [-0.1, -0.05) is 6.92 Å². The van der Waals surface area contributed by atoms with Gasteiger partial charge in [-0.25, -0.2) is 0 Å². The first-order valence-electron chi connectivity index (χ1n) is 3.62. The normalized spacial score (nSPS) is 16.7. The number of halogens is 1. The van der Waals surface area contributed by atoms with Crippen molar-refractivity contribution < 1.29 is 9.50 Å². The average molecular weight is 147 g/mol. The highest BCUT2D eigenvalue weighted by atomic mass is 19.0. The molecule has 0 aromatic carbocycles. The van der Waals surface area contributed by atoms with E-state index < -0.39 is 0 Å². The van der Waals surface area contributed by atoms with Crippen LogP contribution in [0.1, 0.15) is 26.2 Å². The maximum absolute atomic E-state index is 10.9. The van der Waals surface area contributed by atoms with Gasteiger partial charge in [-0.3, -0.25) is 9.50 Å². The summed E-state index contributed by atoms with van der Waals surface area (Å²) in [6, 6.07) is 0. The van der Waals surface area contributed by atoms with Gasteiger partial charge in [-0.05, 0) is 12.8 Å². The molecule has 1 amide bonds. The Hall–Kier alpha value is -0.600. The van der Waals surface area contributed by atoms with Gasteiger partial charge in [-0.15, -0.1) is 0 Å². The minimum Gasteiger partial charge on any atom is -0.343 e. The maximum atomic E-state index is 10.9. The molecule has 0 spiro atoms. The number of hydrogen-bond acceptors (Lipinski definition) is 1. The minimum atomic E-state index is 0. The predicted molar refractivity (Wildman–Crippen MR) is 38.6 cm³/mol. The molecule has 3 heteroatoms. The lowest BCUT2D eigenvalue weighted by molar-refractivity contribution is -0.129. The molecule has 10 heavy (non-hydrogen) atoms. The second kappa shape index (κ2) is 4.25. The summed E-state index contributed by atoms with van der Waals surface area (Å²) >= 11 is 0. The van der Waals surface area contributed by atoms with Crippen molar-refractivity contribution in [2.75, 3.05) is 13.1 Å². The third-order valence-corrected chi connectivity index (χ3v) is 1.76. The molecule has 0 aromatic heterocycles. The van der Waals surface area contributed by atoms with Crippen LogP contribution in [-0.2, 0) is 4.79 Å². The summed E-state index contributed by atoms with van der Waals surface area (Å²) in [6.45, 7) is 3.90. The number of carbonyl (C=O) groups excluding carboxylic acids is 1. The van der Waals surface area contributed by atoms with Crippen molar-refractivity contribution in [3.8, 4) is 0 Å². The molecule has 0 aromatic rings. The fraction of sp³-hybridized carbons (Fsp3) is 0.857. The van der Waals surface area contributed by atoms with Crippen LogP contribution in [0, 0.1) is 0 Å². The molecule has 1 heterocycles. The van der Waals surface area contributed by atoms with Gasteiger partial charge in [-0.2, -0.15) is 0 Å². The van der Waals surface area contributed by atoms with Crippen LogP contribution in [-0.4, -0.2) is 23.9 Å². The number of hydrogen-bond donors (Lipinski definition) is 0. The van der Waals surface area contributed by atoms with Crippen molar-refractivity contribution in [3.63, 3.8) is 0 Å². The standard InChI is InChI=1S/C7H13NO.FH/c1-2-7(9)8-5-3-4-6-8;/h2-6H2,1H3;1H. The Balaban J connectivity index is 0.000000810. The molecule has 1 fully saturated rings. The van der Waals surface area contributed by atoms with Gasteiger partial charge in [0.25, 0.3) is 0 Å². The van der Waals surface area contributed by atoms with Gasteiger partial charge in [0, 0.05) is 19.5 Å². The molecule has 1 rings (SSSR count). The van der Waals surface area contributed by atoms with Gasteiger partial charge >= 0.3 is 0 Å². The first-order valence-corrected chi connectivity index (χ1v) is 3.62. The molecule has 0 unspecified atom stereocenters. The van der Waals surface area contributed by atoms with E-state index in [-0.39, 0.29) is 4.70 Å². The topological polar surface area (TPSA) is 20.3 Å². The van der Waals surface area contributed by atoms with Gasteiger partial charge in [0.1, 0.15) is 0 Å². The number of nitrogens with zero attached hydrogens (tertiary/aromatic N) is 1. The number of rotatable bonds is 1. The maximum Gasteiger partial charge on any atom is 0.222 e. The largest absolute Gasteiger partial charge is 0.343 e. The van der Waals surface area contributed by atoms with Crippen molar-refractivity contribution >= 4 is 5.91 Å². The molecule has 2 nitrogen and oxygen atoms in total. The smallest absolute Gasteiger partial charge is 0.222 e. The highest BCUT2D eigenvalue weighted by molar-refractivity contribution is 5.75. The monoisotopic (exact) mass is 147 g/mol. The molecule has 0 N–H and O–H groups in total. The summed E-state index contributed by atoms with van der Waals surface area (Å²) in [5.74, 6) is 0.313. The molecule has 1 saturated heterocycles. The number of carbonyl (C=O) groups is 1. The van der Waals surface area contributed by atoms with Gasteiger partial charge in [0.15, 0.2) is 0 Å². The van der Waals surface area contributed by atoms with Gasteiger partial charge in [0.2, 0.25) is 5.91 Å². The lowest BCUT2D eigenvalue weighted by Gasteiger charge is -2.12. The average Bonchev–Trinajstić information content (AvgIpc) is 2.37. The fourth-order valence-corrected chi connectivity index (χ4v) is 1.19. The lowest BCUT2D eigenvalue weighted by atomic mass is 10.4. The second-order valence-electron chi connectivity index (χ2n) is 2.44. The van der Waals surface area contributed by atoms with Crippen molar-refractivity contribution in [2.24, 2.45) is 0 Å². The van der Waals surface area contributed by atoms with Crippen LogP contribution in [0.2, 0.25) is 0 Å². The third kappa shape index (κ3) is 1.97. The Morgan fingerprint density at radius 2 is 1.90 bits per heavy atom. The Morgan fingerprint density at radius 1 is 1.40 bits per heavy atom. The number of likely N-dealkylation sites (tertiary alicyclic amines) is 1. The first kappa shape index (κ1) is 9.40. The van der Waals surface area contributed by atoms with Crippen molar-refractivity contribution in [1.82, 2.24) is 4.90 Å². The van der Waals surface area contributed by atoms with Gasteiger partial charge < -0.3 is 4.90 Å². The van der Waals surface area contributed by atoms with E-state index in [1.807, 2.05) is 11.8 Å². The zero-order valence-corrected chi connectivity index (χ0v) is 6.30. The van der Waals surface area contributed by atoms with Crippen LogP contribution >= 0.6 is 0 Å². The van der Waals surface area contributed by atoms with E-state index in [9.17, 15) is 4.79 Å². The summed E-state index contributed by atoms with van der Waals surface area (Å²) in [6.07, 6.45) is 3.07. The SMILES string of the molecule is CCC(=O)N1CCCC1.F. The number of amides is 1. The van der Waals surface area contributed by atoms with E-state index >= 15 is 0 Å². The third-order valence-electron chi connectivity index (χ3n) is 1.76. The Bertz CT molecular complexity index is 110. The highest BCUT2D eigenvalue weighted by Gasteiger charge is 2.14. The second-order valence-corrected chi connectivity index (χ2v) is 2.44. The van der Waals surface area contributed by atoms with Crippen molar-refractivity contribution in [1.29, 1.82) is 0 Å². The quantitative estimate of drug-likeness (QED) is 0.545. The van der Waals surface area contributed by atoms with Crippen LogP contribution in [0.25, 0.3) is 0 Å². The van der Waals surface area contributed by atoms with Crippen molar-refractivity contribution in [3.05, 3.63) is 0 Å². The first-order chi connectivity index (χ1) is 4.34. The van der Waals surface area contributed by atoms with Crippen LogP contribution in [0.3, 0.4) is 0 Å². The summed E-state index contributed by atoms with van der Waals surface area (Å²) in [7, 11) is 0. The Labute approximate surface area is 60.6 Å². The van der Waals surface area contributed by atoms with Crippen LogP contribution in [0.4, 0.5) is 4.70 Å². The van der Waals surface area contributed by atoms with E-state index in [1.165, 1.54) is 12.8 Å². The lowest BCUT2D eigenvalue weighted by Crippen LogP contribution is -2.26. The van der Waals surface area contributed by atoms with E-state index in [2.05, 4.69) is 0 Å². The predicted octanol–water partition coefficient (Wildman–Crippen LogP) is 1.17. The minimum absolute atomic E-state index is 0. The molecule has 0 radical (unpaired) electrons.